The van der Waals surface area contributed by atoms with Crippen LogP contribution in [0.15, 0.2) is 24.3 Å². The Balaban J connectivity index is 1.40. The Morgan fingerprint density at radius 2 is 1.90 bits per heavy atom. The first-order valence-electron chi connectivity index (χ1n) is 9.49. The molecule has 1 aliphatic carbocycles. The maximum atomic E-state index is 12.5. The van der Waals surface area contributed by atoms with Crippen LogP contribution in [-0.2, 0) is 25.5 Å². The van der Waals surface area contributed by atoms with Crippen molar-refractivity contribution in [1.29, 1.82) is 5.26 Å². The number of urea groups is 1. The number of benzene rings is 1. The van der Waals surface area contributed by atoms with E-state index in [9.17, 15) is 19.2 Å². The molecule has 1 aliphatic heterocycles. The number of esters is 1. The van der Waals surface area contributed by atoms with E-state index in [0.29, 0.717) is 18.5 Å². The van der Waals surface area contributed by atoms with Crippen LogP contribution in [0.2, 0.25) is 0 Å². The summed E-state index contributed by atoms with van der Waals surface area (Å²) in [6, 6.07) is 8.31. The Bertz CT molecular complexity index is 853. The molecule has 1 saturated heterocycles. The van der Waals surface area contributed by atoms with Crippen molar-refractivity contribution in [2.45, 2.75) is 44.1 Å². The molecule has 4 amide bonds. The molecular weight excluding hydrogens is 376 g/mol. The van der Waals surface area contributed by atoms with Gasteiger partial charge in [0.25, 0.3) is 11.8 Å². The molecule has 0 unspecified atom stereocenters. The second-order valence-corrected chi connectivity index (χ2v) is 7.17. The van der Waals surface area contributed by atoms with E-state index in [1.807, 2.05) is 6.07 Å². The number of carbonyl (C=O) groups is 4. The fourth-order valence-corrected chi connectivity index (χ4v) is 3.61. The molecule has 1 aromatic carbocycles. The van der Waals surface area contributed by atoms with Gasteiger partial charge in [0.15, 0.2) is 6.61 Å². The van der Waals surface area contributed by atoms with E-state index in [4.69, 9.17) is 10.00 Å². The summed E-state index contributed by atoms with van der Waals surface area (Å²) in [7, 11) is 0. The van der Waals surface area contributed by atoms with Gasteiger partial charge in [0, 0.05) is 12.2 Å². The van der Waals surface area contributed by atoms with Crippen molar-refractivity contribution < 1.29 is 23.9 Å². The topological polar surface area (TPSA) is 129 Å². The molecule has 0 radical (unpaired) electrons. The van der Waals surface area contributed by atoms with Crippen molar-refractivity contribution in [2.75, 3.05) is 18.5 Å². The fourth-order valence-electron chi connectivity index (χ4n) is 3.61. The van der Waals surface area contributed by atoms with Crippen LogP contribution in [0.4, 0.5) is 10.5 Å². The van der Waals surface area contributed by atoms with E-state index in [1.54, 1.807) is 24.3 Å². The van der Waals surface area contributed by atoms with Gasteiger partial charge in [-0.15, -0.1) is 0 Å². The maximum Gasteiger partial charge on any atom is 0.325 e. The number of imide groups is 1. The number of nitrogens with zero attached hydrogens (tertiary/aromatic N) is 2. The Morgan fingerprint density at radius 1 is 1.21 bits per heavy atom. The zero-order valence-electron chi connectivity index (χ0n) is 15.9. The zero-order chi connectivity index (χ0) is 20.9. The molecule has 1 heterocycles. The first kappa shape index (κ1) is 20.3. The average molecular weight is 398 g/mol. The normalized spacial score (nSPS) is 17.1. The van der Waals surface area contributed by atoms with Gasteiger partial charge in [-0.3, -0.25) is 19.3 Å². The summed E-state index contributed by atoms with van der Waals surface area (Å²) in [6.07, 6.45) is 3.12. The van der Waals surface area contributed by atoms with Crippen LogP contribution >= 0.6 is 0 Å². The molecule has 9 heteroatoms. The maximum absolute atomic E-state index is 12.5. The van der Waals surface area contributed by atoms with Crippen LogP contribution in [0.1, 0.15) is 37.7 Å². The van der Waals surface area contributed by atoms with Gasteiger partial charge >= 0.3 is 12.0 Å². The van der Waals surface area contributed by atoms with Crippen molar-refractivity contribution in [3.8, 4) is 6.07 Å². The van der Waals surface area contributed by atoms with Gasteiger partial charge in [-0.25, -0.2) is 4.79 Å². The summed E-state index contributed by atoms with van der Waals surface area (Å²) in [5, 5.41) is 14.0. The highest BCUT2D eigenvalue weighted by Crippen LogP contribution is 2.35. The number of hydrogen-bond donors (Lipinski definition) is 2. The van der Waals surface area contributed by atoms with E-state index < -0.39 is 30.1 Å². The van der Waals surface area contributed by atoms with Crippen LogP contribution < -0.4 is 10.6 Å². The number of carbonyl (C=O) groups excluding carboxylic acids is 4. The van der Waals surface area contributed by atoms with Gasteiger partial charge in [-0.05, 0) is 30.5 Å². The molecule has 1 spiro atoms. The lowest BCUT2D eigenvalue weighted by molar-refractivity contribution is -0.147. The third-order valence-electron chi connectivity index (χ3n) is 5.13. The first-order valence-corrected chi connectivity index (χ1v) is 9.49. The van der Waals surface area contributed by atoms with Crippen LogP contribution in [0, 0.1) is 11.3 Å². The third-order valence-corrected chi connectivity index (χ3v) is 5.13. The van der Waals surface area contributed by atoms with Crippen molar-refractivity contribution in [1.82, 2.24) is 10.2 Å². The molecule has 2 N–H and O–H groups in total. The molecule has 1 aromatic rings. The highest BCUT2D eigenvalue weighted by atomic mass is 16.5. The van der Waals surface area contributed by atoms with Gasteiger partial charge < -0.3 is 15.4 Å². The van der Waals surface area contributed by atoms with Gasteiger partial charge in [-0.1, -0.05) is 25.0 Å². The molecule has 3 rings (SSSR count). The van der Waals surface area contributed by atoms with Gasteiger partial charge in [0.2, 0.25) is 0 Å². The second kappa shape index (κ2) is 8.73. The van der Waals surface area contributed by atoms with Crippen molar-refractivity contribution >= 4 is 29.5 Å². The van der Waals surface area contributed by atoms with Crippen molar-refractivity contribution in [2.24, 2.45) is 0 Å². The Kier molecular flexibility index (Phi) is 6.12. The van der Waals surface area contributed by atoms with Crippen LogP contribution in [0.25, 0.3) is 0 Å². The number of hydrogen-bond acceptors (Lipinski definition) is 6. The number of ether oxygens (including phenoxy) is 1. The highest BCUT2D eigenvalue weighted by Gasteiger charge is 2.52. The van der Waals surface area contributed by atoms with E-state index >= 15 is 0 Å². The standard InChI is InChI=1S/C20H22N4O5/c21-11-7-14-3-5-15(6-4-14)22-16(25)13-29-17(26)8-12-24-18(27)20(23-19(24)28)9-1-2-10-20/h3-6H,1-2,7-10,12-13H2,(H,22,25)(H,23,28). The lowest BCUT2D eigenvalue weighted by Gasteiger charge is -2.19. The third kappa shape index (κ3) is 4.71. The Labute approximate surface area is 168 Å². The average Bonchev–Trinajstić information content (AvgIpc) is 3.26. The van der Waals surface area contributed by atoms with Gasteiger partial charge in [0.05, 0.1) is 18.9 Å². The van der Waals surface area contributed by atoms with E-state index in [0.717, 1.165) is 23.3 Å². The molecule has 2 aliphatic rings. The number of rotatable bonds is 7. The quantitative estimate of drug-likeness (QED) is 0.529. The molecule has 152 valence electrons. The van der Waals surface area contributed by atoms with E-state index in [-0.39, 0.29) is 25.3 Å². The summed E-state index contributed by atoms with van der Waals surface area (Å²) in [6.45, 7) is -0.546. The predicted octanol–water partition coefficient (Wildman–Crippen LogP) is 1.49. The lowest BCUT2D eigenvalue weighted by atomic mass is 9.98. The van der Waals surface area contributed by atoms with E-state index in [1.165, 1.54) is 0 Å². The van der Waals surface area contributed by atoms with Crippen molar-refractivity contribution in [3.05, 3.63) is 29.8 Å². The van der Waals surface area contributed by atoms with Crippen LogP contribution in [-0.4, -0.2) is 47.4 Å². The highest BCUT2D eigenvalue weighted by molar-refractivity contribution is 6.07. The molecular formula is C20H22N4O5. The minimum Gasteiger partial charge on any atom is -0.456 e. The molecule has 0 atom stereocenters. The Hall–Kier alpha value is -3.41. The molecule has 0 bridgehead atoms. The summed E-state index contributed by atoms with van der Waals surface area (Å²) >= 11 is 0. The lowest BCUT2D eigenvalue weighted by Crippen LogP contribution is -2.44. The number of nitriles is 1. The van der Waals surface area contributed by atoms with Crippen LogP contribution in [0.5, 0.6) is 0 Å². The predicted molar refractivity (Wildman–Crippen MR) is 101 cm³/mol. The number of anilines is 1. The number of amides is 4. The van der Waals surface area contributed by atoms with Gasteiger partial charge in [-0.2, -0.15) is 5.26 Å². The molecule has 2 fully saturated rings. The summed E-state index contributed by atoms with van der Waals surface area (Å²) in [5.74, 6) is -1.46. The summed E-state index contributed by atoms with van der Waals surface area (Å²) in [5.41, 5.74) is 0.551. The summed E-state index contributed by atoms with van der Waals surface area (Å²) < 4.78 is 4.92. The molecule has 0 aromatic heterocycles. The Morgan fingerprint density at radius 3 is 2.55 bits per heavy atom. The fraction of sp³-hybridized carbons (Fsp3) is 0.450. The largest absolute Gasteiger partial charge is 0.456 e. The zero-order valence-corrected chi connectivity index (χ0v) is 15.9. The molecule has 29 heavy (non-hydrogen) atoms. The van der Waals surface area contributed by atoms with E-state index in [2.05, 4.69) is 10.6 Å². The van der Waals surface area contributed by atoms with Crippen LogP contribution in [0.3, 0.4) is 0 Å². The van der Waals surface area contributed by atoms with Gasteiger partial charge in [0.1, 0.15) is 5.54 Å². The molecule has 1 saturated carbocycles. The second-order valence-electron chi connectivity index (χ2n) is 7.17. The monoisotopic (exact) mass is 398 g/mol. The molecule has 9 nitrogen and oxygen atoms in total. The first-order chi connectivity index (χ1) is 13.9. The SMILES string of the molecule is N#CCc1ccc(NC(=O)COC(=O)CCN2C(=O)NC3(CCCC3)C2=O)cc1. The summed E-state index contributed by atoms with van der Waals surface area (Å²) in [4.78, 5) is 49.4. The smallest absolute Gasteiger partial charge is 0.325 e. The minimum atomic E-state index is -0.802. The minimum absolute atomic E-state index is 0.0762. The number of nitrogens with one attached hydrogen (secondary N) is 2. The van der Waals surface area contributed by atoms with Crippen molar-refractivity contribution in [3.63, 3.8) is 0 Å².